The molecule has 6 nitrogen and oxygen atoms in total. The van der Waals surface area contributed by atoms with E-state index in [1.165, 1.54) is 0 Å². The number of nitrogens with two attached hydrogens (primary N) is 1. The van der Waals surface area contributed by atoms with Crippen LogP contribution in [0.5, 0.6) is 11.5 Å². The van der Waals surface area contributed by atoms with Crippen LogP contribution >= 0.6 is 11.6 Å². The van der Waals surface area contributed by atoms with Crippen LogP contribution in [0, 0.1) is 12.8 Å². The van der Waals surface area contributed by atoms with Crippen LogP contribution < -0.4 is 20.7 Å². The highest BCUT2D eigenvalue weighted by atomic mass is 35.5. The number of alkyl carbamates (subject to hydrolysis) is 1. The van der Waals surface area contributed by atoms with Gasteiger partial charge in [0.05, 0.1) is 16.4 Å². The van der Waals surface area contributed by atoms with Crippen LogP contribution in [0.4, 0.5) is 16.2 Å². The number of halogens is 1. The third kappa shape index (κ3) is 6.20. The zero-order valence-corrected chi connectivity index (χ0v) is 19.5. The molecule has 1 fully saturated rings. The molecule has 1 saturated heterocycles. The first kappa shape index (κ1) is 23.1. The van der Waals surface area contributed by atoms with Gasteiger partial charge in [-0.25, -0.2) is 4.79 Å². The molecular weight excluding hydrogens is 414 g/mol. The summed E-state index contributed by atoms with van der Waals surface area (Å²) in [4.78, 5) is 14.3. The number of nitrogens with zero attached hydrogens (tertiary/aromatic N) is 1. The van der Waals surface area contributed by atoms with E-state index in [4.69, 9.17) is 26.8 Å². The molecule has 3 rings (SSSR count). The lowest BCUT2D eigenvalue weighted by Gasteiger charge is -2.36. The first-order valence-electron chi connectivity index (χ1n) is 10.7. The molecule has 0 aliphatic carbocycles. The molecule has 0 radical (unpaired) electrons. The summed E-state index contributed by atoms with van der Waals surface area (Å²) in [5, 5.41) is 3.46. The molecular formula is C24H32ClN3O3. The number of carbonyl (C=O) groups excluding carboxylic acids is 1. The Labute approximate surface area is 189 Å². The molecule has 2 aromatic carbocycles. The van der Waals surface area contributed by atoms with Crippen molar-refractivity contribution in [2.45, 2.75) is 46.1 Å². The number of anilines is 2. The fraction of sp³-hybridized carbons (Fsp3) is 0.458. The Morgan fingerprint density at radius 3 is 2.68 bits per heavy atom. The third-order valence-corrected chi connectivity index (χ3v) is 5.55. The molecule has 7 heteroatoms. The Balaban J connectivity index is 1.71. The monoisotopic (exact) mass is 445 g/mol. The second kappa shape index (κ2) is 9.69. The van der Waals surface area contributed by atoms with Gasteiger partial charge in [-0.05, 0) is 70.7 Å². The molecule has 1 aliphatic heterocycles. The van der Waals surface area contributed by atoms with Gasteiger partial charge in [-0.1, -0.05) is 23.7 Å². The summed E-state index contributed by atoms with van der Waals surface area (Å²) in [6, 6.07) is 11.2. The van der Waals surface area contributed by atoms with E-state index in [1.807, 2.05) is 58.0 Å². The Bertz CT molecular complexity index is 927. The SMILES string of the molecule is Cc1c(Oc2ccccc2Cl)ccc(N)c1N1CCC[C@@H](CNC(=O)OC(C)(C)C)C1. The minimum absolute atomic E-state index is 0.313. The maximum absolute atomic E-state index is 12.0. The normalized spacial score (nSPS) is 16.7. The first-order valence-corrected chi connectivity index (χ1v) is 11.0. The van der Waals surface area contributed by atoms with Gasteiger partial charge in [0.1, 0.15) is 17.1 Å². The van der Waals surface area contributed by atoms with Gasteiger partial charge < -0.3 is 25.4 Å². The van der Waals surface area contributed by atoms with Crippen LogP contribution in [-0.4, -0.2) is 31.3 Å². The van der Waals surface area contributed by atoms with Gasteiger partial charge in [-0.15, -0.1) is 0 Å². The van der Waals surface area contributed by atoms with Gasteiger partial charge in [-0.3, -0.25) is 0 Å². The second-order valence-corrected chi connectivity index (χ2v) is 9.40. The van der Waals surface area contributed by atoms with Crippen molar-refractivity contribution in [3.05, 3.63) is 47.0 Å². The van der Waals surface area contributed by atoms with E-state index in [1.54, 1.807) is 6.07 Å². The van der Waals surface area contributed by atoms with Crippen molar-refractivity contribution in [3.63, 3.8) is 0 Å². The van der Waals surface area contributed by atoms with Crippen LogP contribution in [0.3, 0.4) is 0 Å². The lowest BCUT2D eigenvalue weighted by molar-refractivity contribution is 0.0517. The predicted molar refractivity (Wildman–Crippen MR) is 126 cm³/mol. The number of rotatable bonds is 5. The van der Waals surface area contributed by atoms with Crippen LogP contribution in [0.2, 0.25) is 5.02 Å². The number of nitrogens with one attached hydrogen (secondary N) is 1. The zero-order chi connectivity index (χ0) is 22.6. The summed E-state index contributed by atoms with van der Waals surface area (Å²) in [6.07, 6.45) is 1.69. The molecule has 2 aromatic rings. The van der Waals surface area contributed by atoms with Gasteiger partial charge in [0, 0.05) is 25.2 Å². The molecule has 1 aliphatic rings. The highest BCUT2D eigenvalue weighted by Gasteiger charge is 2.25. The van der Waals surface area contributed by atoms with E-state index in [2.05, 4.69) is 10.2 Å². The fourth-order valence-electron chi connectivity index (χ4n) is 3.86. The van der Waals surface area contributed by atoms with E-state index in [9.17, 15) is 4.79 Å². The highest BCUT2D eigenvalue weighted by molar-refractivity contribution is 6.32. The standard InChI is InChI=1S/C24H32ClN3O3/c1-16-20(30-21-10-6-5-9-18(21)25)12-11-19(26)22(16)28-13-7-8-17(15-28)14-27-23(29)31-24(2,3)4/h5-6,9-12,17H,7-8,13-15,26H2,1-4H3,(H,27,29)/t17-/m0/s1. The molecule has 3 N–H and O–H groups in total. The van der Waals surface area contributed by atoms with Crippen LogP contribution in [-0.2, 0) is 4.74 Å². The topological polar surface area (TPSA) is 76.8 Å². The van der Waals surface area contributed by atoms with Gasteiger partial charge in [-0.2, -0.15) is 0 Å². The van der Waals surface area contributed by atoms with E-state index >= 15 is 0 Å². The molecule has 1 amide bonds. The third-order valence-electron chi connectivity index (χ3n) is 5.24. The predicted octanol–water partition coefficient (Wildman–Crippen LogP) is 5.76. The Hall–Kier alpha value is -2.60. The average molecular weight is 446 g/mol. The Morgan fingerprint density at radius 1 is 1.23 bits per heavy atom. The number of benzene rings is 2. The van der Waals surface area contributed by atoms with Crippen LogP contribution in [0.15, 0.2) is 36.4 Å². The number of piperidine rings is 1. The lowest BCUT2D eigenvalue weighted by Crippen LogP contribution is -2.42. The van der Waals surface area contributed by atoms with Gasteiger partial charge in [0.25, 0.3) is 0 Å². The maximum Gasteiger partial charge on any atom is 0.407 e. The number of amides is 1. The van der Waals surface area contributed by atoms with E-state index in [0.29, 0.717) is 28.9 Å². The summed E-state index contributed by atoms with van der Waals surface area (Å²) in [5.74, 6) is 1.65. The molecule has 0 spiro atoms. The molecule has 1 atom stereocenters. The van der Waals surface area contributed by atoms with Gasteiger partial charge >= 0.3 is 6.09 Å². The molecule has 1 heterocycles. The number of para-hydroxylation sites is 1. The molecule has 0 saturated carbocycles. The Morgan fingerprint density at radius 2 is 1.97 bits per heavy atom. The number of carbonyl (C=O) groups is 1. The minimum Gasteiger partial charge on any atom is -0.455 e. The summed E-state index contributed by atoms with van der Waals surface area (Å²) < 4.78 is 11.4. The van der Waals surface area contributed by atoms with E-state index in [-0.39, 0.29) is 6.09 Å². The van der Waals surface area contributed by atoms with Crippen molar-refractivity contribution >= 4 is 29.1 Å². The zero-order valence-electron chi connectivity index (χ0n) is 18.7. The van der Waals surface area contributed by atoms with Crippen molar-refractivity contribution in [2.24, 2.45) is 5.92 Å². The van der Waals surface area contributed by atoms with Gasteiger partial charge in [0.2, 0.25) is 0 Å². The van der Waals surface area contributed by atoms with Crippen LogP contribution in [0.1, 0.15) is 39.2 Å². The largest absolute Gasteiger partial charge is 0.455 e. The lowest BCUT2D eigenvalue weighted by atomic mass is 9.96. The number of ether oxygens (including phenoxy) is 2. The van der Waals surface area contributed by atoms with Crippen molar-refractivity contribution < 1.29 is 14.3 Å². The molecule has 0 unspecified atom stereocenters. The molecule has 31 heavy (non-hydrogen) atoms. The average Bonchev–Trinajstić information content (AvgIpc) is 2.69. The summed E-state index contributed by atoms with van der Waals surface area (Å²) in [6.45, 7) is 9.87. The smallest absolute Gasteiger partial charge is 0.407 e. The molecule has 168 valence electrons. The van der Waals surface area contributed by atoms with E-state index < -0.39 is 5.60 Å². The molecule has 0 bridgehead atoms. The maximum atomic E-state index is 12.0. The number of nitrogen functional groups attached to an aromatic ring is 1. The number of hydrogen-bond acceptors (Lipinski definition) is 5. The van der Waals surface area contributed by atoms with Gasteiger partial charge in [0.15, 0.2) is 0 Å². The molecule has 0 aromatic heterocycles. The summed E-state index contributed by atoms with van der Waals surface area (Å²) in [5.41, 5.74) is 8.53. The van der Waals surface area contributed by atoms with Crippen molar-refractivity contribution in [2.75, 3.05) is 30.3 Å². The first-order chi connectivity index (χ1) is 14.6. The van der Waals surface area contributed by atoms with Crippen molar-refractivity contribution in [3.8, 4) is 11.5 Å². The second-order valence-electron chi connectivity index (χ2n) is 9.00. The fourth-order valence-corrected chi connectivity index (χ4v) is 4.03. The summed E-state index contributed by atoms with van der Waals surface area (Å²) >= 11 is 6.26. The number of hydrogen-bond donors (Lipinski definition) is 2. The Kier molecular flexibility index (Phi) is 7.21. The van der Waals surface area contributed by atoms with Crippen LogP contribution in [0.25, 0.3) is 0 Å². The van der Waals surface area contributed by atoms with Crippen molar-refractivity contribution in [1.82, 2.24) is 5.32 Å². The minimum atomic E-state index is -0.504. The van der Waals surface area contributed by atoms with E-state index in [0.717, 1.165) is 42.9 Å². The highest BCUT2D eigenvalue weighted by Crippen LogP contribution is 2.39. The van der Waals surface area contributed by atoms with Crippen molar-refractivity contribution in [1.29, 1.82) is 0 Å². The summed E-state index contributed by atoms with van der Waals surface area (Å²) in [7, 11) is 0. The quantitative estimate of drug-likeness (QED) is 0.572.